The molecule has 0 atom stereocenters. The molecule has 11 heteroatoms. The Hall–Kier alpha value is -2.59. The van der Waals surface area contributed by atoms with Crippen molar-refractivity contribution < 1.29 is 41.3 Å². The second-order valence-electron chi connectivity index (χ2n) is 8.98. The van der Waals surface area contributed by atoms with Crippen molar-refractivity contribution in [2.24, 2.45) is 0 Å². The first-order valence-corrected chi connectivity index (χ1v) is 11.5. The Labute approximate surface area is 203 Å². The molecule has 0 unspecified atom stereocenters. The van der Waals surface area contributed by atoms with Crippen molar-refractivity contribution in [3.05, 3.63) is 57.9 Å². The smallest absolute Gasteiger partial charge is 0.490 e. The molecule has 5 nitrogen and oxygen atoms in total. The van der Waals surface area contributed by atoms with E-state index in [1.54, 1.807) is 0 Å². The first-order valence-electron chi connectivity index (χ1n) is 11.1. The first kappa shape index (κ1) is 25.5. The normalized spacial score (nSPS) is 18.3. The van der Waals surface area contributed by atoms with Gasteiger partial charge in [0.05, 0.1) is 10.6 Å². The van der Waals surface area contributed by atoms with E-state index in [-0.39, 0.29) is 36.1 Å². The molecule has 190 valence electrons. The third-order valence-electron chi connectivity index (χ3n) is 6.21. The van der Waals surface area contributed by atoms with Crippen molar-refractivity contribution in [3.8, 4) is 11.5 Å². The molecule has 0 radical (unpaired) electrons. The lowest BCUT2D eigenvalue weighted by Crippen LogP contribution is -2.44. The topological polar surface area (TPSA) is 59.0 Å². The third kappa shape index (κ3) is 6.55. The number of halogens is 6. The van der Waals surface area contributed by atoms with E-state index in [0.29, 0.717) is 30.8 Å². The minimum Gasteiger partial charge on any atom is -0.490 e. The fourth-order valence-electron chi connectivity index (χ4n) is 4.15. The zero-order valence-electron chi connectivity index (χ0n) is 18.5. The second-order valence-corrected chi connectivity index (χ2v) is 9.38. The van der Waals surface area contributed by atoms with E-state index < -0.39 is 35.1 Å². The Kier molecular flexibility index (Phi) is 7.15. The molecule has 2 fully saturated rings. The van der Waals surface area contributed by atoms with E-state index in [1.807, 2.05) is 4.90 Å². The van der Waals surface area contributed by atoms with Crippen LogP contribution in [-0.4, -0.2) is 47.7 Å². The van der Waals surface area contributed by atoms with Gasteiger partial charge in [-0.2, -0.15) is 0 Å². The van der Waals surface area contributed by atoms with E-state index in [4.69, 9.17) is 21.4 Å². The van der Waals surface area contributed by atoms with Crippen LogP contribution in [0.4, 0.5) is 22.0 Å². The Bertz CT molecular complexity index is 1100. The number of likely N-dealkylation sites (tertiary alicyclic amines) is 1. The van der Waals surface area contributed by atoms with Crippen LogP contribution >= 0.6 is 11.6 Å². The summed E-state index contributed by atoms with van der Waals surface area (Å²) in [5.74, 6) is -2.52. The SMILES string of the molecule is O=C(O)c1cc(C2CC2)c(OCC2(F)CCN(Cc3ccc(OC(F)(F)F)c(Cl)c3)CC2)cc1F. The van der Waals surface area contributed by atoms with E-state index in [1.165, 1.54) is 18.2 Å². The monoisotopic (exact) mass is 519 g/mol. The van der Waals surface area contributed by atoms with Gasteiger partial charge in [0.1, 0.15) is 29.6 Å². The van der Waals surface area contributed by atoms with Crippen LogP contribution in [0, 0.1) is 5.82 Å². The number of hydrogen-bond acceptors (Lipinski definition) is 4. The number of rotatable bonds is 8. The Morgan fingerprint density at radius 1 is 1.14 bits per heavy atom. The minimum absolute atomic E-state index is 0.0841. The number of carboxylic acids is 1. The predicted molar refractivity (Wildman–Crippen MR) is 117 cm³/mol. The fraction of sp³-hybridized carbons (Fsp3) is 0.458. The van der Waals surface area contributed by atoms with Gasteiger partial charge in [0, 0.05) is 25.7 Å². The largest absolute Gasteiger partial charge is 0.573 e. The predicted octanol–water partition coefficient (Wildman–Crippen LogP) is 6.34. The number of aromatic carboxylic acids is 1. The van der Waals surface area contributed by atoms with Gasteiger partial charge < -0.3 is 14.6 Å². The number of carbonyl (C=O) groups is 1. The van der Waals surface area contributed by atoms with Gasteiger partial charge in [0.2, 0.25) is 0 Å². The summed E-state index contributed by atoms with van der Waals surface area (Å²) in [6, 6.07) is 6.30. The second kappa shape index (κ2) is 9.81. The highest BCUT2D eigenvalue weighted by Crippen LogP contribution is 2.45. The number of hydrogen-bond donors (Lipinski definition) is 1. The summed E-state index contributed by atoms with van der Waals surface area (Å²) >= 11 is 5.90. The number of carboxylic acid groups (broad SMARTS) is 1. The molecule has 0 spiro atoms. The lowest BCUT2D eigenvalue weighted by atomic mass is 9.93. The summed E-state index contributed by atoms with van der Waals surface area (Å²) in [5.41, 5.74) is -0.836. The summed E-state index contributed by atoms with van der Waals surface area (Å²) in [6.07, 6.45) is -2.88. The molecule has 1 heterocycles. The van der Waals surface area contributed by atoms with Gasteiger partial charge in [-0.3, -0.25) is 4.90 Å². The van der Waals surface area contributed by atoms with Gasteiger partial charge in [-0.15, -0.1) is 13.2 Å². The maximum Gasteiger partial charge on any atom is 0.573 e. The van der Waals surface area contributed by atoms with Gasteiger partial charge in [0.15, 0.2) is 0 Å². The minimum atomic E-state index is -4.84. The van der Waals surface area contributed by atoms with Crippen LogP contribution in [0.3, 0.4) is 0 Å². The van der Waals surface area contributed by atoms with E-state index >= 15 is 4.39 Å². The molecule has 4 rings (SSSR count). The van der Waals surface area contributed by atoms with E-state index in [9.17, 15) is 22.4 Å². The van der Waals surface area contributed by atoms with Crippen LogP contribution in [0.2, 0.25) is 5.02 Å². The Morgan fingerprint density at radius 2 is 1.83 bits per heavy atom. The van der Waals surface area contributed by atoms with Crippen molar-refractivity contribution in [3.63, 3.8) is 0 Å². The highest BCUT2D eigenvalue weighted by Gasteiger charge is 2.37. The molecule has 1 aliphatic carbocycles. The maximum atomic E-state index is 15.4. The van der Waals surface area contributed by atoms with Crippen LogP contribution in [0.15, 0.2) is 30.3 Å². The molecule has 2 aliphatic rings. The molecule has 0 aromatic heterocycles. The molecule has 2 aromatic rings. The number of nitrogens with zero attached hydrogens (tertiary/aromatic N) is 1. The Balaban J connectivity index is 1.34. The average Bonchev–Trinajstić information content (AvgIpc) is 3.60. The third-order valence-corrected chi connectivity index (χ3v) is 6.51. The van der Waals surface area contributed by atoms with Crippen molar-refractivity contribution in [2.75, 3.05) is 19.7 Å². The average molecular weight is 520 g/mol. The summed E-state index contributed by atoms with van der Waals surface area (Å²) in [4.78, 5) is 13.2. The molecule has 1 aliphatic heterocycles. The maximum absolute atomic E-state index is 15.4. The molecule has 1 saturated heterocycles. The van der Waals surface area contributed by atoms with Gasteiger partial charge >= 0.3 is 12.3 Å². The van der Waals surface area contributed by atoms with Crippen molar-refractivity contribution in [1.82, 2.24) is 4.90 Å². The van der Waals surface area contributed by atoms with Gasteiger partial charge in [-0.05, 0) is 60.9 Å². The standard InChI is InChI=1S/C24H23ClF5NO4/c25-18-9-14(1-4-20(18)35-24(28,29)30)12-31-7-5-23(27,6-8-31)13-34-21-11-19(26)17(22(32)33)10-16(21)15-2-3-15/h1,4,9-11,15H,2-3,5-8,12-13H2,(H,32,33). The van der Waals surface area contributed by atoms with Gasteiger partial charge in [0.25, 0.3) is 0 Å². The lowest BCUT2D eigenvalue weighted by molar-refractivity contribution is -0.274. The highest BCUT2D eigenvalue weighted by atomic mass is 35.5. The van der Waals surface area contributed by atoms with Crippen LogP contribution in [0.5, 0.6) is 11.5 Å². The van der Waals surface area contributed by atoms with Crippen molar-refractivity contribution in [2.45, 2.75) is 50.2 Å². The summed E-state index contributed by atoms with van der Waals surface area (Å²) in [6.45, 7) is 0.832. The van der Waals surface area contributed by atoms with Crippen LogP contribution in [0.1, 0.15) is 53.1 Å². The molecule has 1 saturated carbocycles. The number of piperidine rings is 1. The molecule has 2 aromatic carbocycles. The van der Waals surface area contributed by atoms with E-state index in [2.05, 4.69) is 4.74 Å². The van der Waals surface area contributed by atoms with Crippen LogP contribution in [0.25, 0.3) is 0 Å². The zero-order chi connectivity index (χ0) is 25.4. The van der Waals surface area contributed by atoms with E-state index in [0.717, 1.165) is 25.0 Å². The summed E-state index contributed by atoms with van der Waals surface area (Å²) in [7, 11) is 0. The lowest BCUT2D eigenvalue weighted by Gasteiger charge is -2.36. The zero-order valence-corrected chi connectivity index (χ0v) is 19.3. The molecule has 0 bridgehead atoms. The van der Waals surface area contributed by atoms with Crippen LogP contribution < -0.4 is 9.47 Å². The summed E-state index contributed by atoms with van der Waals surface area (Å²) in [5, 5.41) is 8.99. The van der Waals surface area contributed by atoms with Gasteiger partial charge in [-0.25, -0.2) is 13.6 Å². The molecule has 0 amide bonds. The fourth-order valence-corrected chi connectivity index (χ4v) is 4.39. The molecular weight excluding hydrogens is 497 g/mol. The number of alkyl halides is 4. The van der Waals surface area contributed by atoms with Crippen molar-refractivity contribution in [1.29, 1.82) is 0 Å². The molecule has 35 heavy (non-hydrogen) atoms. The molecule has 1 N–H and O–H groups in total. The van der Waals surface area contributed by atoms with Crippen molar-refractivity contribution >= 4 is 17.6 Å². The van der Waals surface area contributed by atoms with Crippen LogP contribution in [-0.2, 0) is 6.54 Å². The molecular formula is C24H23ClF5NO4. The highest BCUT2D eigenvalue weighted by molar-refractivity contribution is 6.32. The number of ether oxygens (including phenoxy) is 2. The Morgan fingerprint density at radius 3 is 2.40 bits per heavy atom. The quantitative estimate of drug-likeness (QED) is 0.413. The number of benzene rings is 2. The first-order chi connectivity index (χ1) is 16.4. The summed E-state index contributed by atoms with van der Waals surface area (Å²) < 4.78 is 76.3. The van der Waals surface area contributed by atoms with Gasteiger partial charge in [-0.1, -0.05) is 17.7 Å².